The standard InChI is InChI=1S/C13H19N3O/c17-13(10-15-12-3-1-2-4-12)16-9-11-5-7-14-8-6-11/h5-8,12,15H,1-4,9-10H2,(H,16,17). The van der Waals surface area contributed by atoms with Gasteiger partial charge in [-0.25, -0.2) is 0 Å². The van der Waals surface area contributed by atoms with Crippen LogP contribution in [0, 0.1) is 0 Å². The van der Waals surface area contributed by atoms with Crippen LogP contribution < -0.4 is 10.6 Å². The van der Waals surface area contributed by atoms with Gasteiger partial charge >= 0.3 is 0 Å². The van der Waals surface area contributed by atoms with Crippen molar-refractivity contribution >= 4 is 5.91 Å². The predicted molar refractivity (Wildman–Crippen MR) is 66.3 cm³/mol. The Balaban J connectivity index is 1.64. The SMILES string of the molecule is O=C(CNC1CCCC1)NCc1ccncc1. The van der Waals surface area contributed by atoms with E-state index in [9.17, 15) is 4.79 Å². The molecule has 0 aromatic carbocycles. The first kappa shape index (κ1) is 12.0. The van der Waals surface area contributed by atoms with Crippen LogP contribution in [0.3, 0.4) is 0 Å². The van der Waals surface area contributed by atoms with Crippen LogP contribution in [0.5, 0.6) is 0 Å². The van der Waals surface area contributed by atoms with Gasteiger partial charge in [-0.1, -0.05) is 12.8 Å². The van der Waals surface area contributed by atoms with Gasteiger partial charge in [0.05, 0.1) is 6.54 Å². The van der Waals surface area contributed by atoms with Crippen molar-refractivity contribution in [3.05, 3.63) is 30.1 Å². The van der Waals surface area contributed by atoms with Crippen molar-refractivity contribution in [2.75, 3.05) is 6.54 Å². The number of amides is 1. The molecule has 0 atom stereocenters. The molecule has 1 aliphatic carbocycles. The Kier molecular flexibility index (Phi) is 4.50. The van der Waals surface area contributed by atoms with E-state index >= 15 is 0 Å². The van der Waals surface area contributed by atoms with Crippen molar-refractivity contribution < 1.29 is 4.79 Å². The number of nitrogens with one attached hydrogen (secondary N) is 2. The largest absolute Gasteiger partial charge is 0.351 e. The van der Waals surface area contributed by atoms with Gasteiger partial charge in [0.15, 0.2) is 0 Å². The Morgan fingerprint density at radius 3 is 2.71 bits per heavy atom. The average Bonchev–Trinajstić information content (AvgIpc) is 2.88. The lowest BCUT2D eigenvalue weighted by atomic mass is 10.2. The van der Waals surface area contributed by atoms with Crippen LogP contribution in [-0.2, 0) is 11.3 Å². The summed E-state index contributed by atoms with van der Waals surface area (Å²) in [5, 5.41) is 6.19. The molecule has 1 aliphatic rings. The molecule has 4 nitrogen and oxygen atoms in total. The molecule has 1 amide bonds. The van der Waals surface area contributed by atoms with E-state index in [-0.39, 0.29) is 5.91 Å². The van der Waals surface area contributed by atoms with Gasteiger partial charge in [-0.3, -0.25) is 9.78 Å². The second-order valence-corrected chi connectivity index (χ2v) is 4.49. The molecule has 17 heavy (non-hydrogen) atoms. The topological polar surface area (TPSA) is 54.0 Å². The molecule has 92 valence electrons. The molecule has 1 aromatic rings. The van der Waals surface area contributed by atoms with Crippen LogP contribution in [0.4, 0.5) is 0 Å². The predicted octanol–water partition coefficient (Wildman–Crippen LogP) is 1.23. The number of carbonyl (C=O) groups excluding carboxylic acids is 1. The molecule has 1 heterocycles. The van der Waals surface area contributed by atoms with Crippen molar-refractivity contribution in [3.8, 4) is 0 Å². The molecule has 0 saturated heterocycles. The Bertz CT molecular complexity index is 347. The normalized spacial score (nSPS) is 16.0. The Labute approximate surface area is 102 Å². The summed E-state index contributed by atoms with van der Waals surface area (Å²) in [7, 11) is 0. The van der Waals surface area contributed by atoms with Gasteiger partial charge in [0.25, 0.3) is 0 Å². The van der Waals surface area contributed by atoms with E-state index in [1.807, 2.05) is 12.1 Å². The van der Waals surface area contributed by atoms with E-state index in [1.165, 1.54) is 25.7 Å². The smallest absolute Gasteiger partial charge is 0.234 e. The second-order valence-electron chi connectivity index (χ2n) is 4.49. The Morgan fingerprint density at radius 1 is 1.29 bits per heavy atom. The lowest BCUT2D eigenvalue weighted by Gasteiger charge is -2.11. The quantitative estimate of drug-likeness (QED) is 0.804. The zero-order valence-electron chi connectivity index (χ0n) is 9.98. The first-order valence-electron chi connectivity index (χ1n) is 6.23. The van der Waals surface area contributed by atoms with Crippen molar-refractivity contribution in [1.82, 2.24) is 15.6 Å². The molecule has 1 fully saturated rings. The summed E-state index contributed by atoms with van der Waals surface area (Å²) in [4.78, 5) is 15.5. The first-order chi connectivity index (χ1) is 8.34. The molecule has 0 radical (unpaired) electrons. The molecule has 0 spiro atoms. The second kappa shape index (κ2) is 6.35. The summed E-state index contributed by atoms with van der Waals surface area (Å²) < 4.78 is 0. The fourth-order valence-corrected chi connectivity index (χ4v) is 2.13. The minimum absolute atomic E-state index is 0.0636. The van der Waals surface area contributed by atoms with Crippen LogP contribution in [0.1, 0.15) is 31.2 Å². The number of carbonyl (C=O) groups is 1. The highest BCUT2D eigenvalue weighted by atomic mass is 16.1. The summed E-state index contributed by atoms with van der Waals surface area (Å²) in [6.45, 7) is 1.00. The lowest BCUT2D eigenvalue weighted by molar-refractivity contribution is -0.120. The molecule has 4 heteroatoms. The van der Waals surface area contributed by atoms with Gasteiger partial charge in [-0.05, 0) is 30.5 Å². The van der Waals surface area contributed by atoms with Gasteiger partial charge in [0.2, 0.25) is 5.91 Å². The molecule has 0 unspecified atom stereocenters. The maximum absolute atomic E-state index is 11.6. The number of aromatic nitrogens is 1. The zero-order chi connectivity index (χ0) is 11.9. The molecule has 0 bridgehead atoms. The average molecular weight is 233 g/mol. The lowest BCUT2D eigenvalue weighted by Crippen LogP contribution is -2.37. The minimum atomic E-state index is 0.0636. The van der Waals surface area contributed by atoms with Gasteiger partial charge < -0.3 is 10.6 Å². The Hall–Kier alpha value is -1.42. The van der Waals surface area contributed by atoms with Crippen LogP contribution in [0.2, 0.25) is 0 Å². The van der Waals surface area contributed by atoms with Crippen LogP contribution in [0.25, 0.3) is 0 Å². The van der Waals surface area contributed by atoms with Crippen LogP contribution in [0.15, 0.2) is 24.5 Å². The molecule has 1 aromatic heterocycles. The maximum Gasteiger partial charge on any atom is 0.234 e. The summed E-state index contributed by atoms with van der Waals surface area (Å²) in [6, 6.07) is 4.36. The van der Waals surface area contributed by atoms with Gasteiger partial charge in [-0.15, -0.1) is 0 Å². The van der Waals surface area contributed by atoms with Crippen molar-refractivity contribution in [3.63, 3.8) is 0 Å². The summed E-state index contributed by atoms with van der Waals surface area (Å²) in [5.41, 5.74) is 1.08. The molecular formula is C13H19N3O. The van der Waals surface area contributed by atoms with E-state index in [1.54, 1.807) is 12.4 Å². The van der Waals surface area contributed by atoms with E-state index in [0.29, 0.717) is 19.1 Å². The van der Waals surface area contributed by atoms with Crippen molar-refractivity contribution in [2.24, 2.45) is 0 Å². The molecule has 0 aliphatic heterocycles. The summed E-state index contributed by atoms with van der Waals surface area (Å²) in [5.74, 6) is 0.0636. The highest BCUT2D eigenvalue weighted by Crippen LogP contribution is 2.17. The van der Waals surface area contributed by atoms with Crippen LogP contribution >= 0.6 is 0 Å². The third kappa shape index (κ3) is 4.15. The fourth-order valence-electron chi connectivity index (χ4n) is 2.13. The highest BCUT2D eigenvalue weighted by molar-refractivity contribution is 5.77. The third-order valence-electron chi connectivity index (χ3n) is 3.15. The van der Waals surface area contributed by atoms with E-state index in [2.05, 4.69) is 15.6 Å². The third-order valence-corrected chi connectivity index (χ3v) is 3.15. The maximum atomic E-state index is 11.6. The fraction of sp³-hybridized carbons (Fsp3) is 0.538. The first-order valence-corrected chi connectivity index (χ1v) is 6.23. The molecule has 1 saturated carbocycles. The highest BCUT2D eigenvalue weighted by Gasteiger charge is 2.14. The number of pyridine rings is 1. The molecule has 2 N–H and O–H groups in total. The summed E-state index contributed by atoms with van der Waals surface area (Å²) >= 11 is 0. The van der Waals surface area contributed by atoms with Crippen LogP contribution in [-0.4, -0.2) is 23.5 Å². The zero-order valence-corrected chi connectivity index (χ0v) is 9.98. The van der Waals surface area contributed by atoms with E-state index in [0.717, 1.165) is 5.56 Å². The Morgan fingerprint density at radius 2 is 2.00 bits per heavy atom. The number of hydrogen-bond acceptors (Lipinski definition) is 3. The van der Waals surface area contributed by atoms with Gasteiger partial charge in [0.1, 0.15) is 0 Å². The molecular weight excluding hydrogens is 214 g/mol. The number of nitrogens with zero attached hydrogens (tertiary/aromatic N) is 1. The number of rotatable bonds is 5. The summed E-state index contributed by atoms with van der Waals surface area (Å²) in [6.07, 6.45) is 8.46. The molecule has 2 rings (SSSR count). The van der Waals surface area contributed by atoms with Crippen molar-refractivity contribution in [1.29, 1.82) is 0 Å². The van der Waals surface area contributed by atoms with E-state index < -0.39 is 0 Å². The van der Waals surface area contributed by atoms with Gasteiger partial charge in [0, 0.05) is 25.0 Å². The minimum Gasteiger partial charge on any atom is -0.351 e. The van der Waals surface area contributed by atoms with E-state index in [4.69, 9.17) is 0 Å². The monoisotopic (exact) mass is 233 g/mol. The van der Waals surface area contributed by atoms with Crippen molar-refractivity contribution in [2.45, 2.75) is 38.3 Å². The number of hydrogen-bond donors (Lipinski definition) is 2. The van der Waals surface area contributed by atoms with Gasteiger partial charge in [-0.2, -0.15) is 0 Å².